The molecule has 0 bridgehead atoms. The van der Waals surface area contributed by atoms with Gasteiger partial charge in [0.1, 0.15) is 5.82 Å². The summed E-state index contributed by atoms with van der Waals surface area (Å²) in [5.74, 6) is -0.00233. The SMILES string of the molecule is Cc1cc(C)c(C(=O)[C@@H](C)Sc2nnc(-c3ccc(F)cc3)o2)cc1C. The summed E-state index contributed by atoms with van der Waals surface area (Å²) in [5.41, 5.74) is 4.57. The highest BCUT2D eigenvalue weighted by Crippen LogP contribution is 2.29. The molecule has 0 aliphatic heterocycles. The lowest BCUT2D eigenvalue weighted by Gasteiger charge is -2.12. The van der Waals surface area contributed by atoms with E-state index in [2.05, 4.69) is 10.2 Å². The van der Waals surface area contributed by atoms with Crippen LogP contribution in [0.5, 0.6) is 0 Å². The molecule has 0 fully saturated rings. The monoisotopic (exact) mass is 370 g/mol. The molecule has 3 aromatic rings. The van der Waals surface area contributed by atoms with Gasteiger partial charge in [0.05, 0.1) is 5.25 Å². The van der Waals surface area contributed by atoms with Crippen LogP contribution in [0.3, 0.4) is 0 Å². The van der Waals surface area contributed by atoms with Crippen LogP contribution in [0.2, 0.25) is 0 Å². The van der Waals surface area contributed by atoms with Gasteiger partial charge in [-0.05, 0) is 74.7 Å². The van der Waals surface area contributed by atoms with Crippen LogP contribution in [0.25, 0.3) is 11.5 Å². The minimum Gasteiger partial charge on any atom is -0.411 e. The maximum Gasteiger partial charge on any atom is 0.277 e. The second-order valence-corrected chi connectivity index (χ2v) is 7.55. The Kier molecular flexibility index (Phi) is 5.23. The van der Waals surface area contributed by atoms with Crippen molar-refractivity contribution in [2.75, 3.05) is 0 Å². The average molecular weight is 370 g/mol. The molecule has 0 N–H and O–H groups in total. The Labute approximate surface area is 155 Å². The standard InChI is InChI=1S/C20H19FN2O2S/c1-11-9-13(3)17(10-12(11)2)18(24)14(4)26-20-23-22-19(25-20)15-5-7-16(21)8-6-15/h5-10,14H,1-4H3/t14-/m1/s1. The molecular formula is C20H19FN2O2S. The lowest BCUT2D eigenvalue weighted by atomic mass is 9.97. The lowest BCUT2D eigenvalue weighted by molar-refractivity contribution is 0.0993. The van der Waals surface area contributed by atoms with Crippen LogP contribution < -0.4 is 0 Å². The summed E-state index contributed by atoms with van der Waals surface area (Å²) in [4.78, 5) is 12.8. The zero-order valence-corrected chi connectivity index (χ0v) is 15.9. The Morgan fingerprint density at radius 2 is 1.69 bits per heavy atom. The van der Waals surface area contributed by atoms with E-state index in [0.29, 0.717) is 22.2 Å². The summed E-state index contributed by atoms with van der Waals surface area (Å²) in [6.07, 6.45) is 0. The van der Waals surface area contributed by atoms with Gasteiger partial charge in [-0.2, -0.15) is 0 Å². The Bertz CT molecular complexity index is 951. The molecule has 134 valence electrons. The van der Waals surface area contributed by atoms with Gasteiger partial charge in [0.25, 0.3) is 5.22 Å². The zero-order chi connectivity index (χ0) is 18.8. The number of ketones is 1. The minimum absolute atomic E-state index is 0.0251. The van der Waals surface area contributed by atoms with Crippen LogP contribution in [0.15, 0.2) is 46.0 Å². The highest BCUT2D eigenvalue weighted by atomic mass is 32.2. The number of Topliss-reactive ketones (excluding diaryl/α,β-unsaturated/α-hetero) is 1. The number of carbonyl (C=O) groups excluding carboxylic acids is 1. The second kappa shape index (κ2) is 7.41. The molecule has 0 saturated carbocycles. The molecule has 0 radical (unpaired) electrons. The summed E-state index contributed by atoms with van der Waals surface area (Å²) >= 11 is 1.22. The van der Waals surface area contributed by atoms with Gasteiger partial charge in [0.15, 0.2) is 5.78 Å². The number of aryl methyl sites for hydroxylation is 3. The van der Waals surface area contributed by atoms with Gasteiger partial charge in [0, 0.05) is 11.1 Å². The largest absolute Gasteiger partial charge is 0.411 e. The number of carbonyl (C=O) groups is 1. The fraction of sp³-hybridized carbons (Fsp3) is 0.250. The summed E-state index contributed by atoms with van der Waals surface area (Å²) in [7, 11) is 0. The molecule has 0 spiro atoms. The molecular weight excluding hydrogens is 351 g/mol. The van der Waals surface area contributed by atoms with Crippen LogP contribution in [-0.4, -0.2) is 21.2 Å². The van der Waals surface area contributed by atoms with E-state index in [9.17, 15) is 9.18 Å². The van der Waals surface area contributed by atoms with Crippen molar-refractivity contribution in [2.24, 2.45) is 0 Å². The quantitative estimate of drug-likeness (QED) is 0.458. The normalized spacial score (nSPS) is 12.2. The number of halogens is 1. The first-order chi connectivity index (χ1) is 12.3. The van der Waals surface area contributed by atoms with E-state index >= 15 is 0 Å². The van der Waals surface area contributed by atoms with Crippen LogP contribution in [-0.2, 0) is 0 Å². The van der Waals surface area contributed by atoms with Gasteiger partial charge in [-0.1, -0.05) is 17.8 Å². The highest BCUT2D eigenvalue weighted by molar-refractivity contribution is 8.00. The maximum absolute atomic E-state index is 13.0. The molecule has 4 nitrogen and oxygen atoms in total. The van der Waals surface area contributed by atoms with E-state index in [-0.39, 0.29) is 16.9 Å². The van der Waals surface area contributed by atoms with Crippen molar-refractivity contribution in [3.05, 3.63) is 64.5 Å². The zero-order valence-electron chi connectivity index (χ0n) is 15.0. The second-order valence-electron chi connectivity index (χ2n) is 6.26. The predicted molar refractivity (Wildman–Crippen MR) is 100.0 cm³/mol. The minimum atomic E-state index is -0.364. The van der Waals surface area contributed by atoms with Crippen molar-refractivity contribution < 1.29 is 13.6 Å². The summed E-state index contributed by atoms with van der Waals surface area (Å²) in [6, 6.07) is 9.78. The van der Waals surface area contributed by atoms with Crippen LogP contribution in [0.4, 0.5) is 4.39 Å². The van der Waals surface area contributed by atoms with Crippen LogP contribution in [0.1, 0.15) is 34.0 Å². The predicted octanol–water partition coefficient (Wildman–Crippen LogP) is 5.16. The topological polar surface area (TPSA) is 56.0 Å². The number of thioether (sulfide) groups is 1. The fourth-order valence-corrected chi connectivity index (χ4v) is 3.37. The van der Waals surface area contributed by atoms with Crippen molar-refractivity contribution in [1.29, 1.82) is 0 Å². The summed E-state index contributed by atoms with van der Waals surface area (Å²) in [5, 5.41) is 7.91. The van der Waals surface area contributed by atoms with Gasteiger partial charge in [-0.15, -0.1) is 10.2 Å². The number of rotatable bonds is 5. The van der Waals surface area contributed by atoms with E-state index in [1.54, 1.807) is 12.1 Å². The molecule has 2 aromatic carbocycles. The van der Waals surface area contributed by atoms with Crippen molar-refractivity contribution in [3.63, 3.8) is 0 Å². The average Bonchev–Trinajstić information content (AvgIpc) is 3.06. The smallest absolute Gasteiger partial charge is 0.277 e. The third kappa shape index (κ3) is 3.85. The third-order valence-electron chi connectivity index (χ3n) is 4.25. The van der Waals surface area contributed by atoms with Gasteiger partial charge in [-0.3, -0.25) is 4.79 Å². The van der Waals surface area contributed by atoms with Gasteiger partial charge < -0.3 is 4.42 Å². The molecule has 1 atom stereocenters. The first-order valence-electron chi connectivity index (χ1n) is 8.23. The molecule has 1 aromatic heterocycles. The van der Waals surface area contributed by atoms with E-state index in [1.807, 2.05) is 39.8 Å². The highest BCUT2D eigenvalue weighted by Gasteiger charge is 2.22. The number of hydrogen-bond acceptors (Lipinski definition) is 5. The molecule has 0 aliphatic carbocycles. The molecule has 0 aliphatic rings. The number of nitrogens with zero attached hydrogens (tertiary/aromatic N) is 2. The maximum atomic E-state index is 13.0. The Balaban J connectivity index is 1.76. The van der Waals surface area contributed by atoms with E-state index in [4.69, 9.17) is 4.42 Å². The first kappa shape index (κ1) is 18.3. The van der Waals surface area contributed by atoms with Crippen molar-refractivity contribution in [3.8, 4) is 11.5 Å². The van der Waals surface area contributed by atoms with Crippen LogP contribution in [0, 0.1) is 26.6 Å². The number of benzene rings is 2. The third-order valence-corrected chi connectivity index (χ3v) is 5.18. The molecule has 0 saturated heterocycles. The van der Waals surface area contributed by atoms with Gasteiger partial charge in [-0.25, -0.2) is 4.39 Å². The Morgan fingerprint density at radius 3 is 2.38 bits per heavy atom. The summed E-state index contributed by atoms with van der Waals surface area (Å²) < 4.78 is 18.6. The molecule has 6 heteroatoms. The van der Waals surface area contributed by atoms with Crippen molar-refractivity contribution in [2.45, 2.75) is 38.2 Å². The van der Waals surface area contributed by atoms with Gasteiger partial charge >= 0.3 is 0 Å². The number of hydrogen-bond donors (Lipinski definition) is 0. The molecule has 1 heterocycles. The molecule has 0 amide bonds. The fourth-order valence-electron chi connectivity index (χ4n) is 2.62. The van der Waals surface area contributed by atoms with E-state index in [0.717, 1.165) is 11.1 Å². The molecule has 0 unspecified atom stereocenters. The molecule has 26 heavy (non-hydrogen) atoms. The van der Waals surface area contributed by atoms with Crippen molar-refractivity contribution in [1.82, 2.24) is 10.2 Å². The van der Waals surface area contributed by atoms with E-state index in [1.165, 1.54) is 29.5 Å². The Hall–Kier alpha value is -2.47. The number of aromatic nitrogens is 2. The van der Waals surface area contributed by atoms with Crippen LogP contribution >= 0.6 is 11.8 Å². The van der Waals surface area contributed by atoms with Gasteiger partial charge in [0.2, 0.25) is 5.89 Å². The first-order valence-corrected chi connectivity index (χ1v) is 9.11. The van der Waals surface area contributed by atoms with E-state index < -0.39 is 0 Å². The molecule has 3 rings (SSSR count). The Morgan fingerprint density at radius 1 is 1.04 bits per heavy atom. The van der Waals surface area contributed by atoms with Crippen molar-refractivity contribution >= 4 is 17.5 Å². The lowest BCUT2D eigenvalue weighted by Crippen LogP contribution is -2.15. The summed E-state index contributed by atoms with van der Waals surface area (Å²) in [6.45, 7) is 7.79.